The third-order valence-corrected chi connectivity index (χ3v) is 2.08. The lowest BCUT2D eigenvalue weighted by molar-refractivity contribution is 0.579. The predicted octanol–water partition coefficient (Wildman–Crippen LogP) is 1.78. The summed E-state index contributed by atoms with van der Waals surface area (Å²) in [5, 5.41) is 0. The Kier molecular flexibility index (Phi) is 0.990. The first kappa shape index (κ1) is 5.73. The Labute approximate surface area is 61.6 Å². The van der Waals surface area contributed by atoms with Crippen molar-refractivity contribution in [1.82, 2.24) is 4.37 Å². The number of nitrogens with two attached hydrogens (primary N) is 1. The minimum Gasteiger partial charge on any atom is -0.456 e. The van der Waals surface area contributed by atoms with Crippen molar-refractivity contribution in [3.8, 4) is 0 Å². The highest BCUT2D eigenvalue weighted by atomic mass is 32.1. The molecule has 10 heavy (non-hydrogen) atoms. The maximum atomic E-state index is 5.50. The molecule has 52 valence electrons. The molecule has 0 bridgehead atoms. The number of anilines is 1. The van der Waals surface area contributed by atoms with Gasteiger partial charge in [-0.25, -0.2) is 0 Å². The van der Waals surface area contributed by atoms with E-state index in [0.717, 1.165) is 16.0 Å². The van der Waals surface area contributed by atoms with E-state index in [-0.39, 0.29) is 0 Å². The molecule has 0 aliphatic carbocycles. The molecule has 0 spiro atoms. The molecule has 2 heterocycles. The summed E-state index contributed by atoms with van der Waals surface area (Å²) >= 11 is 1.37. The predicted molar refractivity (Wildman–Crippen MR) is 41.0 cm³/mol. The SMILES string of the molecule is Cc1cc2snc(N)c2o1. The molecule has 0 aliphatic rings. The zero-order valence-electron chi connectivity index (χ0n) is 5.42. The Morgan fingerprint density at radius 2 is 2.50 bits per heavy atom. The van der Waals surface area contributed by atoms with E-state index >= 15 is 0 Å². The molecule has 2 aromatic rings. The van der Waals surface area contributed by atoms with Gasteiger partial charge in [-0.15, -0.1) is 0 Å². The number of furan rings is 1. The van der Waals surface area contributed by atoms with Crippen molar-refractivity contribution in [3.63, 3.8) is 0 Å². The number of nitrogens with zero attached hydrogens (tertiary/aromatic N) is 1. The highest BCUT2D eigenvalue weighted by molar-refractivity contribution is 7.13. The molecule has 0 fully saturated rings. The first-order chi connectivity index (χ1) is 4.77. The summed E-state index contributed by atoms with van der Waals surface area (Å²) in [5.41, 5.74) is 6.22. The maximum absolute atomic E-state index is 5.50. The van der Waals surface area contributed by atoms with Crippen LogP contribution in [-0.4, -0.2) is 4.37 Å². The van der Waals surface area contributed by atoms with Crippen molar-refractivity contribution >= 4 is 27.6 Å². The van der Waals surface area contributed by atoms with E-state index in [0.29, 0.717) is 5.82 Å². The Hall–Kier alpha value is -1.03. The Bertz CT molecular complexity index is 363. The van der Waals surface area contributed by atoms with Crippen LogP contribution in [0.2, 0.25) is 0 Å². The van der Waals surface area contributed by atoms with Gasteiger partial charge in [0.05, 0.1) is 4.70 Å². The molecule has 2 aromatic heterocycles. The molecule has 0 amide bonds. The number of rotatable bonds is 0. The lowest BCUT2D eigenvalue weighted by atomic mass is 10.5. The standard InChI is InChI=1S/C6H6N2OS/c1-3-2-4-5(9-3)6(7)8-10-4/h2H,1H3,(H2,7,8). The third-order valence-electron chi connectivity index (χ3n) is 1.30. The molecule has 0 atom stereocenters. The molecule has 3 nitrogen and oxygen atoms in total. The molecule has 0 aromatic carbocycles. The number of aryl methyl sites for hydroxylation is 1. The van der Waals surface area contributed by atoms with Crippen LogP contribution in [0.3, 0.4) is 0 Å². The second kappa shape index (κ2) is 1.73. The molecule has 2 rings (SSSR count). The maximum Gasteiger partial charge on any atom is 0.188 e. The molecule has 0 radical (unpaired) electrons. The van der Waals surface area contributed by atoms with Crippen molar-refractivity contribution in [3.05, 3.63) is 11.8 Å². The van der Waals surface area contributed by atoms with Crippen LogP contribution in [0.1, 0.15) is 5.76 Å². The average molecular weight is 154 g/mol. The van der Waals surface area contributed by atoms with Gasteiger partial charge in [0.25, 0.3) is 0 Å². The Balaban J connectivity index is 2.90. The molecular formula is C6H6N2OS. The first-order valence-electron chi connectivity index (χ1n) is 2.88. The van der Waals surface area contributed by atoms with Gasteiger partial charge in [0.2, 0.25) is 0 Å². The fourth-order valence-corrected chi connectivity index (χ4v) is 1.60. The highest BCUT2D eigenvalue weighted by Crippen LogP contribution is 2.27. The number of nitrogen functional groups attached to an aromatic ring is 1. The first-order valence-corrected chi connectivity index (χ1v) is 3.66. The topological polar surface area (TPSA) is 52.0 Å². The van der Waals surface area contributed by atoms with E-state index in [9.17, 15) is 0 Å². The van der Waals surface area contributed by atoms with Crippen LogP contribution in [0, 0.1) is 6.92 Å². The van der Waals surface area contributed by atoms with Gasteiger partial charge >= 0.3 is 0 Å². The number of hydrogen-bond acceptors (Lipinski definition) is 4. The number of hydrogen-bond donors (Lipinski definition) is 1. The summed E-state index contributed by atoms with van der Waals surface area (Å²) in [4.78, 5) is 0. The zero-order valence-corrected chi connectivity index (χ0v) is 6.23. The molecule has 0 aliphatic heterocycles. The van der Waals surface area contributed by atoms with Crippen molar-refractivity contribution in [2.45, 2.75) is 6.92 Å². The summed E-state index contributed by atoms with van der Waals surface area (Å²) in [6, 6.07) is 1.93. The van der Waals surface area contributed by atoms with Crippen LogP contribution < -0.4 is 5.73 Å². The summed E-state index contributed by atoms with van der Waals surface area (Å²) in [6.45, 7) is 1.90. The summed E-state index contributed by atoms with van der Waals surface area (Å²) in [5.74, 6) is 1.38. The fraction of sp³-hybridized carbons (Fsp3) is 0.167. The van der Waals surface area contributed by atoms with Gasteiger partial charge in [0.15, 0.2) is 11.4 Å². The van der Waals surface area contributed by atoms with Gasteiger partial charge in [0.1, 0.15) is 5.76 Å². The lowest BCUT2D eigenvalue weighted by Gasteiger charge is -1.79. The van der Waals surface area contributed by atoms with Crippen LogP contribution in [0.4, 0.5) is 5.82 Å². The summed E-state index contributed by atoms with van der Waals surface area (Å²) in [6.07, 6.45) is 0. The molecule has 0 unspecified atom stereocenters. The van der Waals surface area contributed by atoms with Gasteiger partial charge in [0, 0.05) is 0 Å². The van der Waals surface area contributed by atoms with E-state index in [4.69, 9.17) is 10.2 Å². The van der Waals surface area contributed by atoms with E-state index < -0.39 is 0 Å². The smallest absolute Gasteiger partial charge is 0.188 e. The lowest BCUT2D eigenvalue weighted by Crippen LogP contribution is -1.81. The Morgan fingerprint density at radius 3 is 3.20 bits per heavy atom. The minimum atomic E-state index is 0.494. The second-order valence-electron chi connectivity index (χ2n) is 2.12. The molecule has 4 heteroatoms. The van der Waals surface area contributed by atoms with Gasteiger partial charge in [-0.2, -0.15) is 4.37 Å². The Morgan fingerprint density at radius 1 is 1.70 bits per heavy atom. The largest absolute Gasteiger partial charge is 0.456 e. The van der Waals surface area contributed by atoms with E-state index in [2.05, 4.69) is 4.37 Å². The van der Waals surface area contributed by atoms with Crippen molar-refractivity contribution in [1.29, 1.82) is 0 Å². The second-order valence-corrected chi connectivity index (χ2v) is 2.92. The van der Waals surface area contributed by atoms with Crippen molar-refractivity contribution in [2.24, 2.45) is 0 Å². The van der Waals surface area contributed by atoms with E-state index in [1.165, 1.54) is 11.5 Å². The molecule has 0 saturated carbocycles. The van der Waals surface area contributed by atoms with E-state index in [1.807, 2.05) is 13.0 Å². The van der Waals surface area contributed by atoms with Crippen molar-refractivity contribution < 1.29 is 4.42 Å². The molecular weight excluding hydrogens is 148 g/mol. The van der Waals surface area contributed by atoms with Gasteiger partial charge in [-0.05, 0) is 24.5 Å². The zero-order chi connectivity index (χ0) is 7.14. The van der Waals surface area contributed by atoms with Crippen LogP contribution in [-0.2, 0) is 0 Å². The quantitative estimate of drug-likeness (QED) is 0.629. The average Bonchev–Trinajstić information content (AvgIpc) is 2.35. The van der Waals surface area contributed by atoms with E-state index in [1.54, 1.807) is 0 Å². The highest BCUT2D eigenvalue weighted by Gasteiger charge is 2.06. The third kappa shape index (κ3) is 0.623. The minimum absolute atomic E-state index is 0.494. The summed E-state index contributed by atoms with van der Waals surface area (Å²) < 4.78 is 10.2. The van der Waals surface area contributed by atoms with Crippen LogP contribution in [0.5, 0.6) is 0 Å². The molecule has 0 saturated heterocycles. The van der Waals surface area contributed by atoms with Crippen LogP contribution in [0.25, 0.3) is 10.3 Å². The number of aromatic nitrogens is 1. The van der Waals surface area contributed by atoms with Crippen LogP contribution in [0.15, 0.2) is 10.5 Å². The molecule has 2 N–H and O–H groups in total. The van der Waals surface area contributed by atoms with Gasteiger partial charge in [-0.1, -0.05) is 0 Å². The monoisotopic (exact) mass is 154 g/mol. The summed E-state index contributed by atoms with van der Waals surface area (Å²) in [7, 11) is 0. The fourth-order valence-electron chi connectivity index (χ4n) is 0.877. The number of fused-ring (bicyclic) bond motifs is 1. The van der Waals surface area contributed by atoms with Crippen molar-refractivity contribution in [2.75, 3.05) is 5.73 Å². The van der Waals surface area contributed by atoms with Crippen LogP contribution >= 0.6 is 11.5 Å². The normalized spacial score (nSPS) is 10.9. The van der Waals surface area contributed by atoms with Gasteiger partial charge < -0.3 is 10.2 Å². The van der Waals surface area contributed by atoms with Gasteiger partial charge in [-0.3, -0.25) is 0 Å².